The number of nitrogens with zero attached hydrogens (tertiary/aromatic N) is 1. The van der Waals surface area contributed by atoms with Crippen LogP contribution >= 0.6 is 0 Å². The Labute approximate surface area is 89.6 Å². The lowest BCUT2D eigenvalue weighted by molar-refractivity contribution is 0.255. The maximum Gasteiger partial charge on any atom is 0.319 e. The summed E-state index contributed by atoms with van der Waals surface area (Å²) in [5, 5.41) is 0. The van der Waals surface area contributed by atoms with Crippen LogP contribution in [-0.2, 0) is 6.42 Å². The summed E-state index contributed by atoms with van der Waals surface area (Å²) in [5.41, 5.74) is 7.05. The molecule has 4 nitrogen and oxygen atoms in total. The number of hydrogen-bond acceptors (Lipinski definition) is 2. The van der Waals surface area contributed by atoms with Crippen LogP contribution in [0.15, 0.2) is 18.2 Å². The van der Waals surface area contributed by atoms with E-state index in [0.29, 0.717) is 11.4 Å². The summed E-state index contributed by atoms with van der Waals surface area (Å²) in [6.45, 7) is 2.05. The average Bonchev–Trinajstić information content (AvgIpc) is 2.27. The fraction of sp³-hybridized carbons (Fsp3) is 0.364. The van der Waals surface area contributed by atoms with Gasteiger partial charge in [-0.3, -0.25) is 4.90 Å². The topological polar surface area (TPSA) is 55.6 Å². The van der Waals surface area contributed by atoms with E-state index in [1.165, 1.54) is 4.90 Å². The van der Waals surface area contributed by atoms with Gasteiger partial charge in [0, 0.05) is 7.05 Å². The van der Waals surface area contributed by atoms with E-state index in [1.54, 1.807) is 14.2 Å². The summed E-state index contributed by atoms with van der Waals surface area (Å²) < 4.78 is 5.17. The Bertz CT molecular complexity index is 364. The first-order valence-corrected chi connectivity index (χ1v) is 4.80. The number of aryl methyl sites for hydroxylation is 1. The minimum Gasteiger partial charge on any atom is -0.495 e. The molecule has 1 aromatic carbocycles. The molecule has 0 radical (unpaired) electrons. The van der Waals surface area contributed by atoms with Crippen molar-refractivity contribution in [3.8, 4) is 5.75 Å². The number of rotatable bonds is 3. The first kappa shape index (κ1) is 11.4. The number of amides is 2. The van der Waals surface area contributed by atoms with Crippen molar-refractivity contribution in [1.29, 1.82) is 0 Å². The predicted molar refractivity (Wildman–Crippen MR) is 60.4 cm³/mol. The maximum absolute atomic E-state index is 11.1. The SMILES string of the molecule is CCc1ccc(OC)c(N(C)C(N)=O)c1. The smallest absolute Gasteiger partial charge is 0.319 e. The Morgan fingerprint density at radius 1 is 1.53 bits per heavy atom. The molecule has 15 heavy (non-hydrogen) atoms. The second-order valence-corrected chi connectivity index (χ2v) is 3.26. The van der Waals surface area contributed by atoms with Gasteiger partial charge in [0.1, 0.15) is 5.75 Å². The zero-order chi connectivity index (χ0) is 11.4. The maximum atomic E-state index is 11.1. The van der Waals surface area contributed by atoms with Gasteiger partial charge in [-0.15, -0.1) is 0 Å². The molecule has 0 saturated carbocycles. The first-order chi connectivity index (χ1) is 7.10. The van der Waals surface area contributed by atoms with Crippen molar-refractivity contribution in [3.63, 3.8) is 0 Å². The summed E-state index contributed by atoms with van der Waals surface area (Å²) in [6.07, 6.45) is 0.906. The molecule has 0 aromatic heterocycles. The highest BCUT2D eigenvalue weighted by molar-refractivity contribution is 5.91. The zero-order valence-electron chi connectivity index (χ0n) is 9.28. The number of carbonyl (C=O) groups excluding carboxylic acids is 1. The molecule has 2 amide bonds. The minimum atomic E-state index is -0.499. The molecule has 0 saturated heterocycles. The van der Waals surface area contributed by atoms with E-state index in [0.717, 1.165) is 12.0 Å². The number of anilines is 1. The van der Waals surface area contributed by atoms with E-state index in [2.05, 4.69) is 6.92 Å². The summed E-state index contributed by atoms with van der Waals surface area (Å²) in [7, 11) is 3.19. The van der Waals surface area contributed by atoms with Crippen LogP contribution in [0.4, 0.5) is 10.5 Å². The van der Waals surface area contributed by atoms with Gasteiger partial charge >= 0.3 is 6.03 Å². The third-order valence-electron chi connectivity index (χ3n) is 2.34. The number of hydrogen-bond donors (Lipinski definition) is 1. The van der Waals surface area contributed by atoms with E-state index >= 15 is 0 Å². The van der Waals surface area contributed by atoms with Crippen LogP contribution in [0.2, 0.25) is 0 Å². The van der Waals surface area contributed by atoms with Gasteiger partial charge in [0.15, 0.2) is 0 Å². The first-order valence-electron chi connectivity index (χ1n) is 4.80. The van der Waals surface area contributed by atoms with Gasteiger partial charge in [0.05, 0.1) is 12.8 Å². The third kappa shape index (κ3) is 2.40. The molecule has 0 heterocycles. The zero-order valence-corrected chi connectivity index (χ0v) is 9.28. The van der Waals surface area contributed by atoms with Gasteiger partial charge in [0.25, 0.3) is 0 Å². The molecule has 0 atom stereocenters. The van der Waals surface area contributed by atoms with Gasteiger partial charge in [-0.1, -0.05) is 13.0 Å². The lowest BCUT2D eigenvalue weighted by atomic mass is 10.1. The second-order valence-electron chi connectivity index (χ2n) is 3.26. The van der Waals surface area contributed by atoms with Gasteiger partial charge in [-0.05, 0) is 24.1 Å². The Morgan fingerprint density at radius 2 is 2.20 bits per heavy atom. The number of carbonyl (C=O) groups is 1. The predicted octanol–water partition coefficient (Wildman–Crippen LogP) is 1.77. The van der Waals surface area contributed by atoms with Crippen molar-refractivity contribution in [1.82, 2.24) is 0 Å². The lowest BCUT2D eigenvalue weighted by Gasteiger charge is -2.18. The number of ether oxygens (including phenoxy) is 1. The number of benzene rings is 1. The molecule has 2 N–H and O–H groups in total. The van der Waals surface area contributed by atoms with Gasteiger partial charge in [0.2, 0.25) is 0 Å². The fourth-order valence-electron chi connectivity index (χ4n) is 1.34. The van der Waals surface area contributed by atoms with E-state index < -0.39 is 6.03 Å². The number of nitrogens with two attached hydrogens (primary N) is 1. The van der Waals surface area contributed by atoms with E-state index in [4.69, 9.17) is 10.5 Å². The molecule has 1 rings (SSSR count). The van der Waals surface area contributed by atoms with Crippen LogP contribution in [0.5, 0.6) is 5.75 Å². The quantitative estimate of drug-likeness (QED) is 0.823. The Morgan fingerprint density at radius 3 is 2.67 bits per heavy atom. The number of methoxy groups -OCH3 is 1. The molecule has 0 aliphatic carbocycles. The van der Waals surface area contributed by atoms with Crippen molar-refractivity contribution >= 4 is 11.7 Å². The van der Waals surface area contributed by atoms with Gasteiger partial charge in [-0.25, -0.2) is 4.79 Å². The Kier molecular flexibility index (Phi) is 3.55. The van der Waals surface area contributed by atoms with E-state index in [9.17, 15) is 4.79 Å². The highest BCUT2D eigenvalue weighted by Crippen LogP contribution is 2.28. The van der Waals surface area contributed by atoms with Crippen molar-refractivity contribution in [2.75, 3.05) is 19.1 Å². The van der Waals surface area contributed by atoms with Crippen LogP contribution in [0.25, 0.3) is 0 Å². The van der Waals surface area contributed by atoms with Crippen LogP contribution in [0.3, 0.4) is 0 Å². The van der Waals surface area contributed by atoms with Crippen LogP contribution in [-0.4, -0.2) is 20.2 Å². The molecule has 82 valence electrons. The van der Waals surface area contributed by atoms with E-state index in [1.807, 2.05) is 18.2 Å². The number of primary amides is 1. The summed E-state index contributed by atoms with van der Waals surface area (Å²) >= 11 is 0. The summed E-state index contributed by atoms with van der Waals surface area (Å²) in [6, 6.07) is 5.22. The normalized spacial score (nSPS) is 9.80. The molecule has 0 fully saturated rings. The Hall–Kier alpha value is -1.71. The van der Waals surface area contributed by atoms with Crippen molar-refractivity contribution in [2.24, 2.45) is 5.73 Å². The molecular weight excluding hydrogens is 192 g/mol. The number of urea groups is 1. The minimum absolute atomic E-state index is 0.499. The van der Waals surface area contributed by atoms with E-state index in [-0.39, 0.29) is 0 Å². The molecule has 0 aliphatic rings. The van der Waals surface area contributed by atoms with Crippen molar-refractivity contribution in [3.05, 3.63) is 23.8 Å². The lowest BCUT2D eigenvalue weighted by Crippen LogP contribution is -2.32. The fourth-order valence-corrected chi connectivity index (χ4v) is 1.34. The van der Waals surface area contributed by atoms with Crippen LogP contribution in [0.1, 0.15) is 12.5 Å². The highest BCUT2D eigenvalue weighted by Gasteiger charge is 2.12. The van der Waals surface area contributed by atoms with Crippen molar-refractivity contribution < 1.29 is 9.53 Å². The molecule has 0 bridgehead atoms. The van der Waals surface area contributed by atoms with Crippen molar-refractivity contribution in [2.45, 2.75) is 13.3 Å². The van der Waals surface area contributed by atoms with Gasteiger partial charge in [-0.2, -0.15) is 0 Å². The molecular formula is C11H16N2O2. The third-order valence-corrected chi connectivity index (χ3v) is 2.34. The molecule has 0 aliphatic heterocycles. The van der Waals surface area contributed by atoms with Gasteiger partial charge < -0.3 is 10.5 Å². The molecule has 0 spiro atoms. The Balaban J connectivity index is 3.16. The van der Waals surface area contributed by atoms with Crippen LogP contribution < -0.4 is 15.4 Å². The highest BCUT2D eigenvalue weighted by atomic mass is 16.5. The summed E-state index contributed by atoms with van der Waals surface area (Å²) in [5.74, 6) is 0.647. The second kappa shape index (κ2) is 4.68. The molecule has 0 unspecified atom stereocenters. The monoisotopic (exact) mass is 208 g/mol. The average molecular weight is 208 g/mol. The molecule has 4 heteroatoms. The summed E-state index contributed by atoms with van der Waals surface area (Å²) in [4.78, 5) is 12.4. The molecule has 1 aromatic rings. The van der Waals surface area contributed by atoms with Crippen LogP contribution in [0, 0.1) is 0 Å². The standard InChI is InChI=1S/C11H16N2O2/c1-4-8-5-6-10(15-3)9(7-8)13(2)11(12)14/h5-7H,4H2,1-3H3,(H2,12,14). The largest absolute Gasteiger partial charge is 0.495 e.